The van der Waals surface area contributed by atoms with Crippen LogP contribution in [0.4, 0.5) is 22.0 Å². The first-order valence-electron chi connectivity index (χ1n) is 27.1. The Morgan fingerprint density at radius 1 is 0.765 bits per heavy atom. The lowest BCUT2D eigenvalue weighted by Gasteiger charge is -2.30. The van der Waals surface area contributed by atoms with E-state index in [4.69, 9.17) is 9.97 Å². The summed E-state index contributed by atoms with van der Waals surface area (Å²) in [7, 11) is 3.56. The quantitative estimate of drug-likeness (QED) is 0.111. The van der Waals surface area contributed by atoms with Crippen molar-refractivity contribution < 1.29 is 22.0 Å². The standard InChI is InChI=1S/C60H51F5N14O2/c1-30-5-4-12-77(24-30)25-36-19-44-46(26-78(58(80)55(44)69-36)52-15-32(13-48(70-52)31-6-7-31)37-10-8-34(61)17-43(37)51-23-67-28-75(51)2)41-20-39(41)40-21-42(40)49-14-33(38-11-9-35(62)18-45(38)57-74-68-29-76(57)3)16-53(71-49)79-27-47(60(63,64)65)54-50(22-66)72-73-56(54)59(79)81/h8-11,13-19,23,26-31,39-42,69H,4-7,12,20-21,24-25H2,1-3H3,(H,72,73)/t30-,39?,40?,41?,42?/m0/s1. The van der Waals surface area contributed by atoms with E-state index in [9.17, 15) is 23.2 Å². The van der Waals surface area contributed by atoms with Crippen LogP contribution in [-0.2, 0) is 26.8 Å². The average molecular weight is 1100 g/mol. The number of likely N-dealkylation sites (tertiary alicyclic amines) is 1. The maximum atomic E-state index is 15.2. The van der Waals surface area contributed by atoms with E-state index in [0.717, 1.165) is 82.5 Å². The first-order chi connectivity index (χ1) is 39.1. The number of pyridine rings is 4. The number of benzene rings is 2. The molecule has 9 heterocycles. The molecule has 4 unspecified atom stereocenters. The molecule has 3 aliphatic carbocycles. The maximum Gasteiger partial charge on any atom is 0.418 e. The second-order valence-corrected chi connectivity index (χ2v) is 22.6. The third-order valence-corrected chi connectivity index (χ3v) is 16.9. The summed E-state index contributed by atoms with van der Waals surface area (Å²) in [6.45, 7) is 4.81. The molecular formula is C60H51F5N14O2. The summed E-state index contributed by atoms with van der Waals surface area (Å²) in [6, 6.07) is 19.9. The van der Waals surface area contributed by atoms with Crippen molar-refractivity contribution in [2.24, 2.45) is 31.8 Å². The van der Waals surface area contributed by atoms with E-state index in [1.807, 2.05) is 36.0 Å². The highest BCUT2D eigenvalue weighted by Crippen LogP contribution is 2.65. The van der Waals surface area contributed by atoms with Crippen molar-refractivity contribution in [2.75, 3.05) is 13.1 Å². The number of nitrogens with zero attached hydrogens (tertiary/aromatic N) is 12. The number of rotatable bonds is 12. The molecule has 81 heavy (non-hydrogen) atoms. The zero-order valence-corrected chi connectivity index (χ0v) is 44.1. The second kappa shape index (κ2) is 18.9. The topological polar surface area (TPSA) is 190 Å². The molecule has 4 fully saturated rings. The summed E-state index contributed by atoms with van der Waals surface area (Å²) in [5.74, 6) is 0.397. The van der Waals surface area contributed by atoms with Gasteiger partial charge in [0.1, 0.15) is 46.7 Å². The zero-order chi connectivity index (χ0) is 55.7. The predicted molar refractivity (Wildman–Crippen MR) is 291 cm³/mol. The minimum atomic E-state index is -4.99. The number of piperidine rings is 1. The van der Waals surface area contributed by atoms with Crippen LogP contribution in [-0.4, -0.2) is 76.6 Å². The number of fused-ring (bicyclic) bond motifs is 2. The third-order valence-electron chi connectivity index (χ3n) is 16.9. The van der Waals surface area contributed by atoms with Crippen LogP contribution in [0.3, 0.4) is 0 Å². The molecule has 0 amide bonds. The summed E-state index contributed by atoms with van der Waals surface area (Å²) in [5, 5.41) is 24.3. The summed E-state index contributed by atoms with van der Waals surface area (Å²) in [5.41, 5.74) is 4.47. The molecule has 0 radical (unpaired) electrons. The molecule has 2 aromatic carbocycles. The number of imidazole rings is 1. The third kappa shape index (κ3) is 8.92. The van der Waals surface area contributed by atoms with Gasteiger partial charge < -0.3 is 14.1 Å². The van der Waals surface area contributed by atoms with E-state index in [2.05, 4.69) is 48.3 Å². The van der Waals surface area contributed by atoms with Crippen LogP contribution >= 0.6 is 0 Å². The van der Waals surface area contributed by atoms with E-state index < -0.39 is 45.5 Å². The summed E-state index contributed by atoms with van der Waals surface area (Å²) < 4.78 is 80.9. The lowest BCUT2D eigenvalue weighted by atomic mass is 9.97. The van der Waals surface area contributed by atoms with Crippen LogP contribution in [0.25, 0.3) is 78.3 Å². The summed E-state index contributed by atoms with van der Waals surface area (Å²) in [4.78, 5) is 49.9. The van der Waals surface area contributed by atoms with Gasteiger partial charge in [-0.25, -0.2) is 23.7 Å². The van der Waals surface area contributed by atoms with Gasteiger partial charge in [0.15, 0.2) is 11.5 Å². The minimum absolute atomic E-state index is 0.0102. The fraction of sp³-hybridized carbons (Fsp3) is 0.317. The number of H-pyrrole nitrogens is 2. The zero-order valence-electron chi connectivity index (χ0n) is 44.1. The molecule has 21 heteroatoms. The molecule has 1 aliphatic heterocycles. The average Bonchev–Trinajstić information content (AvgIpc) is 3.68. The number of aryl methyl sites for hydroxylation is 2. The molecule has 408 valence electrons. The Morgan fingerprint density at radius 2 is 1.44 bits per heavy atom. The highest BCUT2D eigenvalue weighted by molar-refractivity contribution is 5.88. The van der Waals surface area contributed by atoms with Crippen LogP contribution in [0.5, 0.6) is 0 Å². The number of halogens is 5. The van der Waals surface area contributed by atoms with E-state index in [0.29, 0.717) is 70.2 Å². The normalized spacial score (nSPS) is 20.1. The van der Waals surface area contributed by atoms with Crippen molar-refractivity contribution in [1.82, 2.24) is 63.5 Å². The Morgan fingerprint density at radius 3 is 2.12 bits per heavy atom. The number of nitriles is 1. The summed E-state index contributed by atoms with van der Waals surface area (Å²) >= 11 is 0. The molecule has 4 aliphatic rings. The molecule has 2 N–H and O–H groups in total. The van der Waals surface area contributed by atoms with Crippen molar-refractivity contribution >= 4 is 21.8 Å². The molecular weight excluding hydrogens is 1040 g/mol. The Labute approximate surface area is 458 Å². The number of aromatic amines is 2. The fourth-order valence-electron chi connectivity index (χ4n) is 12.7. The van der Waals surface area contributed by atoms with Crippen molar-refractivity contribution in [2.45, 2.75) is 75.9 Å². The monoisotopic (exact) mass is 1090 g/mol. The number of hydrogen-bond donors (Lipinski definition) is 2. The first kappa shape index (κ1) is 50.3. The molecule has 16 nitrogen and oxygen atoms in total. The molecule has 1 saturated heterocycles. The second-order valence-electron chi connectivity index (χ2n) is 22.6. The molecule has 10 aromatic rings. The van der Waals surface area contributed by atoms with Crippen LogP contribution in [0.1, 0.15) is 97.1 Å². The number of alkyl halides is 3. The number of aromatic nitrogens is 12. The molecule has 0 bridgehead atoms. The van der Waals surface area contributed by atoms with E-state index in [1.54, 1.807) is 46.9 Å². The van der Waals surface area contributed by atoms with Crippen LogP contribution < -0.4 is 11.1 Å². The lowest BCUT2D eigenvalue weighted by molar-refractivity contribution is -0.136. The smallest absolute Gasteiger partial charge is 0.353 e. The van der Waals surface area contributed by atoms with Gasteiger partial charge in [-0.15, -0.1) is 10.2 Å². The van der Waals surface area contributed by atoms with Gasteiger partial charge in [0, 0.05) is 85.0 Å². The van der Waals surface area contributed by atoms with E-state index in [-0.39, 0.29) is 41.0 Å². The van der Waals surface area contributed by atoms with Gasteiger partial charge in [-0.1, -0.05) is 19.1 Å². The largest absolute Gasteiger partial charge is 0.418 e. The van der Waals surface area contributed by atoms with Crippen LogP contribution in [0, 0.1) is 40.7 Å². The van der Waals surface area contributed by atoms with E-state index >= 15 is 13.6 Å². The highest BCUT2D eigenvalue weighted by atomic mass is 19.4. The molecule has 14 rings (SSSR count). The van der Waals surface area contributed by atoms with Gasteiger partial charge in [0.2, 0.25) is 0 Å². The van der Waals surface area contributed by atoms with Crippen molar-refractivity contribution in [3.63, 3.8) is 0 Å². The van der Waals surface area contributed by atoms with Gasteiger partial charge in [0.25, 0.3) is 11.1 Å². The molecule has 3 saturated carbocycles. The van der Waals surface area contributed by atoms with Crippen molar-refractivity contribution in [3.8, 4) is 62.6 Å². The highest BCUT2D eigenvalue weighted by Gasteiger charge is 2.55. The molecule has 0 spiro atoms. The molecule has 5 atom stereocenters. The number of nitrogens with one attached hydrogen (secondary N) is 2. The van der Waals surface area contributed by atoms with Gasteiger partial charge in [0.05, 0.1) is 29.2 Å². The first-order valence-corrected chi connectivity index (χ1v) is 27.1. The Kier molecular flexibility index (Phi) is 11.7. The summed E-state index contributed by atoms with van der Waals surface area (Å²) in [6.07, 6.45) is 8.05. The van der Waals surface area contributed by atoms with E-state index in [1.165, 1.54) is 43.1 Å². The SMILES string of the molecule is C[C@H]1CCCN(Cc2cc3c(C4CC4C4CC4c4cc(-c5ccc(F)cc5-c5nncn5C)cc(-n5cc(C(F)(F)F)c6c(C#N)n[nH]c6c5=O)n4)cn(-c4cc(-c5ccc(F)cc5-c5cncn5C)cc(C5CC5)n4)c(=O)c3[nH]2)C1. The minimum Gasteiger partial charge on any atom is -0.353 e. The van der Waals surface area contributed by atoms with Crippen LogP contribution in [0.15, 0.2) is 108 Å². The Hall–Kier alpha value is -8.90. The maximum absolute atomic E-state index is 15.2. The van der Waals surface area contributed by atoms with Gasteiger partial charge in [-0.2, -0.15) is 23.5 Å². The molecule has 8 aromatic heterocycles. The number of hydrogen-bond acceptors (Lipinski definition) is 10. The Bertz CT molecular complexity index is 4380. The Balaban J connectivity index is 0.879. The van der Waals surface area contributed by atoms with Gasteiger partial charge in [-0.05, 0) is 151 Å². The predicted octanol–water partition coefficient (Wildman–Crippen LogP) is 10.9. The van der Waals surface area contributed by atoms with Crippen LogP contribution in [0.2, 0.25) is 0 Å². The fourth-order valence-corrected chi connectivity index (χ4v) is 12.7. The van der Waals surface area contributed by atoms with Gasteiger partial charge in [-0.3, -0.25) is 28.7 Å². The van der Waals surface area contributed by atoms with Gasteiger partial charge >= 0.3 is 6.18 Å². The van der Waals surface area contributed by atoms with Crippen molar-refractivity contribution in [1.29, 1.82) is 5.26 Å². The lowest BCUT2D eigenvalue weighted by Crippen LogP contribution is -2.33. The van der Waals surface area contributed by atoms with Crippen molar-refractivity contribution in [3.05, 3.63) is 164 Å².